The molecule has 2 aromatic rings. The van der Waals surface area contributed by atoms with Crippen molar-refractivity contribution >= 4 is 34.8 Å². The fourth-order valence-corrected chi connectivity index (χ4v) is 2.45. The Morgan fingerprint density at radius 2 is 1.96 bits per heavy atom. The van der Waals surface area contributed by atoms with E-state index in [1.807, 2.05) is 13.8 Å². The molecular formula is C18H18Cl2FNO3. The summed E-state index contributed by atoms with van der Waals surface area (Å²) in [5, 5.41) is 2.95. The normalized spacial score (nSPS) is 10.7. The van der Waals surface area contributed by atoms with Gasteiger partial charge in [-0.2, -0.15) is 0 Å². The molecule has 7 heteroatoms. The molecule has 134 valence electrons. The zero-order chi connectivity index (χ0) is 18.6. The standard InChI is InChI=1S/C18H18Cl2FNO3/c1-10(2)9-25-17-13(20)6-11(7-16(17)24-3)18(23)22-15-5-4-12(19)8-14(15)21/h4-8,10H,9H2,1-3H3,(H,22,23). The van der Waals surface area contributed by atoms with Crippen LogP contribution < -0.4 is 14.8 Å². The Balaban J connectivity index is 2.26. The highest BCUT2D eigenvalue weighted by molar-refractivity contribution is 6.33. The van der Waals surface area contributed by atoms with Gasteiger partial charge in [-0.15, -0.1) is 0 Å². The summed E-state index contributed by atoms with van der Waals surface area (Å²) in [5.74, 6) is -0.161. The molecule has 0 bridgehead atoms. The molecule has 0 aliphatic heterocycles. The Kier molecular flexibility index (Phi) is 6.51. The van der Waals surface area contributed by atoms with Gasteiger partial charge in [-0.1, -0.05) is 37.0 Å². The number of rotatable bonds is 6. The van der Waals surface area contributed by atoms with Crippen molar-refractivity contribution in [3.63, 3.8) is 0 Å². The van der Waals surface area contributed by atoms with Crippen molar-refractivity contribution in [2.45, 2.75) is 13.8 Å². The summed E-state index contributed by atoms with van der Waals surface area (Å²) in [6.07, 6.45) is 0. The SMILES string of the molecule is COc1cc(C(=O)Nc2ccc(Cl)cc2F)cc(Cl)c1OCC(C)C. The average molecular weight is 386 g/mol. The second kappa shape index (κ2) is 8.41. The molecular weight excluding hydrogens is 368 g/mol. The molecule has 0 saturated carbocycles. The second-order valence-electron chi connectivity index (χ2n) is 5.77. The molecule has 2 aromatic carbocycles. The third kappa shape index (κ3) is 5.00. The summed E-state index contributed by atoms with van der Waals surface area (Å²) in [6.45, 7) is 4.46. The van der Waals surface area contributed by atoms with E-state index in [0.717, 1.165) is 6.07 Å². The highest BCUT2D eigenvalue weighted by Gasteiger charge is 2.17. The minimum absolute atomic E-state index is 0.0182. The maximum atomic E-state index is 13.8. The topological polar surface area (TPSA) is 47.6 Å². The maximum Gasteiger partial charge on any atom is 0.255 e. The lowest BCUT2D eigenvalue weighted by molar-refractivity contribution is 0.102. The number of amides is 1. The van der Waals surface area contributed by atoms with Gasteiger partial charge in [0.05, 0.1) is 24.4 Å². The fourth-order valence-electron chi connectivity index (χ4n) is 2.03. The highest BCUT2D eigenvalue weighted by atomic mass is 35.5. The van der Waals surface area contributed by atoms with Crippen LogP contribution >= 0.6 is 23.2 Å². The van der Waals surface area contributed by atoms with E-state index >= 15 is 0 Å². The van der Waals surface area contributed by atoms with Gasteiger partial charge in [-0.25, -0.2) is 4.39 Å². The van der Waals surface area contributed by atoms with Crippen molar-refractivity contribution < 1.29 is 18.7 Å². The molecule has 0 aliphatic rings. The number of anilines is 1. The highest BCUT2D eigenvalue weighted by Crippen LogP contribution is 2.37. The predicted molar refractivity (Wildman–Crippen MR) is 97.7 cm³/mol. The summed E-state index contributed by atoms with van der Waals surface area (Å²) in [5.41, 5.74) is 0.234. The van der Waals surface area contributed by atoms with Crippen LogP contribution in [-0.4, -0.2) is 19.6 Å². The summed E-state index contributed by atoms with van der Waals surface area (Å²) in [4.78, 5) is 12.4. The van der Waals surface area contributed by atoms with Crippen LogP contribution in [0.2, 0.25) is 10.0 Å². The van der Waals surface area contributed by atoms with Crippen LogP contribution in [-0.2, 0) is 0 Å². The van der Waals surface area contributed by atoms with Crippen LogP contribution in [0.5, 0.6) is 11.5 Å². The smallest absolute Gasteiger partial charge is 0.255 e. The van der Waals surface area contributed by atoms with Gasteiger partial charge in [0.1, 0.15) is 5.82 Å². The first-order valence-electron chi connectivity index (χ1n) is 7.58. The van der Waals surface area contributed by atoms with E-state index in [9.17, 15) is 9.18 Å². The van der Waals surface area contributed by atoms with Gasteiger partial charge in [-0.3, -0.25) is 4.79 Å². The zero-order valence-corrected chi connectivity index (χ0v) is 15.5. The van der Waals surface area contributed by atoms with E-state index in [1.165, 1.54) is 31.4 Å². The zero-order valence-electron chi connectivity index (χ0n) is 14.0. The molecule has 25 heavy (non-hydrogen) atoms. The first-order chi connectivity index (χ1) is 11.8. The van der Waals surface area contributed by atoms with Crippen LogP contribution in [0.15, 0.2) is 30.3 Å². The van der Waals surface area contributed by atoms with Gasteiger partial charge < -0.3 is 14.8 Å². The average Bonchev–Trinajstić information content (AvgIpc) is 2.55. The van der Waals surface area contributed by atoms with Crippen molar-refractivity contribution in [1.29, 1.82) is 0 Å². The van der Waals surface area contributed by atoms with Gasteiger partial charge >= 0.3 is 0 Å². The Bertz CT molecular complexity index is 781. The van der Waals surface area contributed by atoms with Gasteiger partial charge in [0.2, 0.25) is 0 Å². The van der Waals surface area contributed by atoms with Gasteiger partial charge in [-0.05, 0) is 36.2 Å². The van der Waals surface area contributed by atoms with E-state index in [-0.39, 0.29) is 21.3 Å². The Morgan fingerprint density at radius 3 is 2.56 bits per heavy atom. The van der Waals surface area contributed by atoms with E-state index < -0.39 is 11.7 Å². The second-order valence-corrected chi connectivity index (χ2v) is 6.62. The number of ether oxygens (including phenoxy) is 2. The molecule has 0 radical (unpaired) electrons. The lowest BCUT2D eigenvalue weighted by atomic mass is 10.1. The van der Waals surface area contributed by atoms with Crippen molar-refractivity contribution in [2.24, 2.45) is 5.92 Å². The number of halogens is 3. The van der Waals surface area contributed by atoms with Crippen LogP contribution in [0.4, 0.5) is 10.1 Å². The van der Waals surface area contributed by atoms with E-state index in [4.69, 9.17) is 32.7 Å². The first kappa shape index (κ1) is 19.3. The number of hydrogen-bond donors (Lipinski definition) is 1. The molecule has 2 rings (SSSR count). The van der Waals surface area contributed by atoms with Gasteiger partial charge in [0, 0.05) is 10.6 Å². The van der Waals surface area contributed by atoms with E-state index in [1.54, 1.807) is 0 Å². The Labute approximate surface area is 155 Å². The van der Waals surface area contributed by atoms with E-state index in [2.05, 4.69) is 5.32 Å². The van der Waals surface area contributed by atoms with Crippen LogP contribution in [0.25, 0.3) is 0 Å². The van der Waals surface area contributed by atoms with Crippen LogP contribution in [0, 0.1) is 11.7 Å². The molecule has 0 aromatic heterocycles. The van der Waals surface area contributed by atoms with Crippen molar-refractivity contribution in [3.05, 3.63) is 51.8 Å². The number of benzene rings is 2. The van der Waals surface area contributed by atoms with Crippen molar-refractivity contribution in [1.82, 2.24) is 0 Å². The Hall–Kier alpha value is -1.98. The largest absolute Gasteiger partial charge is 0.493 e. The molecule has 0 unspecified atom stereocenters. The molecule has 4 nitrogen and oxygen atoms in total. The number of carbonyl (C=O) groups excluding carboxylic acids is 1. The monoisotopic (exact) mass is 385 g/mol. The number of nitrogens with one attached hydrogen (secondary N) is 1. The molecule has 0 saturated heterocycles. The molecule has 0 aliphatic carbocycles. The molecule has 1 N–H and O–H groups in total. The minimum Gasteiger partial charge on any atom is -0.493 e. The first-order valence-corrected chi connectivity index (χ1v) is 8.34. The third-order valence-electron chi connectivity index (χ3n) is 3.23. The Morgan fingerprint density at radius 1 is 1.24 bits per heavy atom. The van der Waals surface area contributed by atoms with Gasteiger partial charge in [0.15, 0.2) is 11.5 Å². The number of carbonyl (C=O) groups is 1. The summed E-state index contributed by atoms with van der Waals surface area (Å²) >= 11 is 11.9. The third-order valence-corrected chi connectivity index (χ3v) is 3.75. The lowest BCUT2D eigenvalue weighted by Gasteiger charge is -2.15. The quantitative estimate of drug-likeness (QED) is 0.720. The predicted octanol–water partition coefficient (Wildman–Crippen LogP) is 5.43. The summed E-state index contributed by atoms with van der Waals surface area (Å²) in [7, 11) is 1.45. The maximum absolute atomic E-state index is 13.8. The fraction of sp³-hybridized carbons (Fsp3) is 0.278. The van der Waals surface area contributed by atoms with Crippen molar-refractivity contribution in [2.75, 3.05) is 19.0 Å². The molecule has 1 amide bonds. The van der Waals surface area contributed by atoms with Crippen LogP contribution in [0.3, 0.4) is 0 Å². The summed E-state index contributed by atoms with van der Waals surface area (Å²) in [6, 6.07) is 6.92. The van der Waals surface area contributed by atoms with Crippen LogP contribution in [0.1, 0.15) is 24.2 Å². The summed E-state index contributed by atoms with van der Waals surface area (Å²) < 4.78 is 24.7. The molecule has 0 spiro atoms. The minimum atomic E-state index is -0.629. The van der Waals surface area contributed by atoms with Crippen molar-refractivity contribution in [3.8, 4) is 11.5 Å². The molecule has 0 fully saturated rings. The lowest BCUT2D eigenvalue weighted by Crippen LogP contribution is -2.14. The number of methoxy groups -OCH3 is 1. The van der Waals surface area contributed by atoms with E-state index in [0.29, 0.717) is 24.0 Å². The molecule has 0 heterocycles. The molecule has 0 atom stereocenters. The number of hydrogen-bond acceptors (Lipinski definition) is 3. The van der Waals surface area contributed by atoms with Gasteiger partial charge in [0.25, 0.3) is 5.91 Å².